The number of hydrogen-bond acceptors (Lipinski definition) is 10. The zero-order chi connectivity index (χ0) is 45.3. The molecule has 63 heavy (non-hydrogen) atoms. The third kappa shape index (κ3) is 60.9. The van der Waals surface area contributed by atoms with E-state index < -0.39 is 73.0 Å². The van der Waals surface area contributed by atoms with Crippen molar-refractivity contribution >= 4 is 141 Å². The van der Waals surface area contributed by atoms with Gasteiger partial charge in [0.1, 0.15) is 0 Å². The maximum Gasteiger partial charge on any atom is 0.537 e. The molecule has 0 aliphatic carbocycles. The molecule has 0 unspecified atom stereocenters. The van der Waals surface area contributed by atoms with Crippen LogP contribution in [-0.4, -0.2) is 71.6 Å². The summed E-state index contributed by atoms with van der Waals surface area (Å²) in [5, 5.41) is 0.881. The molecule has 0 saturated carbocycles. The highest BCUT2D eigenvalue weighted by Crippen LogP contribution is 2.30. The molecule has 2 rings (SSSR count). The number of halogens is 13. The summed E-state index contributed by atoms with van der Waals surface area (Å²) < 4.78 is 141. The standard InChI is InChI=1S/C13H19F3O3Si.C7H4Cl3F3Si.C5H3Cl.C4H10.C2H5Cl.4CH4.2ClH.H3N.3O2S/c1-4-17-20(18-5-2,19-6-3)12-9-7-11(8-10-12)13(14,15)16;8-14(9,10)6-3-1-5(2-4-6)7(11,12)13;1-2-3-4-5-6;1-3-4-2;1-2-3;;;;;;;;3*1-3-2/h7-10H,4-6H2,1-3H3;1-4H;1H,5H2;3-4H2,1-2H3;2H2,1H3;4*1H4;2*1H;1H3;;;. The normalized spacial score (nSPS) is 8.70. The van der Waals surface area contributed by atoms with E-state index >= 15 is 0 Å². The molecule has 0 saturated heterocycles. The molecule has 0 radical (unpaired) electrons. The van der Waals surface area contributed by atoms with Crippen molar-refractivity contribution in [3.8, 4) is 24.2 Å². The SMILES string of the molecule is C.C.C.C.C#CC#CCCl.CCCC.CCCl.CCO[Si](OCC)(OCC)c1ccc(C(F)(F)F)cc1.Cl.Cl.FC(F)(F)c1ccc([Si](Cl)(Cl)Cl)cc1.N.O=S=O.O=S=O.O=S=O. The average molecular weight is 1160 g/mol. The molecule has 0 bridgehead atoms. The van der Waals surface area contributed by atoms with Crippen LogP contribution in [0.4, 0.5) is 26.3 Å². The van der Waals surface area contributed by atoms with Crippen molar-refractivity contribution in [3.05, 3.63) is 59.7 Å². The van der Waals surface area contributed by atoms with Gasteiger partial charge in [-0.25, -0.2) is 0 Å². The van der Waals surface area contributed by atoms with E-state index in [9.17, 15) is 26.3 Å². The van der Waals surface area contributed by atoms with Crippen LogP contribution in [0.3, 0.4) is 0 Å². The van der Waals surface area contributed by atoms with Gasteiger partial charge < -0.3 is 19.4 Å². The second-order valence-corrected chi connectivity index (χ2v) is 20.7. The summed E-state index contributed by atoms with van der Waals surface area (Å²) >= 11 is 24.7. The van der Waals surface area contributed by atoms with E-state index in [1.54, 1.807) is 20.8 Å². The summed E-state index contributed by atoms with van der Waals surface area (Å²) in [6, 6.07) is 5.93. The van der Waals surface area contributed by atoms with Crippen molar-refractivity contribution in [2.45, 2.75) is 96.4 Å². The minimum atomic E-state index is -4.36. The summed E-state index contributed by atoms with van der Waals surface area (Å²) in [6.45, 7) is 12.7. The Balaban J connectivity index is -0.0000000465. The molecular formula is C35H62Cl7F6NO9S3Si2. The van der Waals surface area contributed by atoms with Gasteiger partial charge in [0, 0.05) is 30.9 Å². The number of rotatable bonds is 9. The van der Waals surface area contributed by atoms with E-state index in [1.807, 2.05) is 6.92 Å². The first-order valence-corrected chi connectivity index (χ1v) is 25.1. The number of terminal acetylenes is 1. The van der Waals surface area contributed by atoms with E-state index in [-0.39, 0.29) is 60.7 Å². The third-order valence-corrected chi connectivity index (χ3v) is 11.0. The van der Waals surface area contributed by atoms with Crippen molar-refractivity contribution in [1.82, 2.24) is 6.15 Å². The highest BCUT2D eigenvalue weighted by molar-refractivity contribution is 7.69. The molecule has 0 fully saturated rings. The Hall–Kier alpha value is -1.10. The lowest BCUT2D eigenvalue weighted by Crippen LogP contribution is -2.56. The monoisotopic (exact) mass is 1150 g/mol. The molecule has 0 heterocycles. The fourth-order valence-electron chi connectivity index (χ4n) is 2.74. The number of unbranched alkanes of at least 4 members (excludes halogenated alkanes) is 1. The van der Waals surface area contributed by atoms with Gasteiger partial charge in [-0.2, -0.15) is 51.6 Å². The second kappa shape index (κ2) is 63.0. The van der Waals surface area contributed by atoms with Crippen molar-refractivity contribution in [3.63, 3.8) is 0 Å². The number of hydrogen-bond donors (Lipinski definition) is 1. The minimum Gasteiger partial charge on any atom is -0.370 e. The van der Waals surface area contributed by atoms with Gasteiger partial charge in [-0.1, -0.05) is 106 Å². The summed E-state index contributed by atoms with van der Waals surface area (Å²) in [6.07, 6.45) is -1.34. The highest BCUT2D eigenvalue weighted by Gasteiger charge is 2.43. The molecule has 0 aliphatic rings. The quantitative estimate of drug-likeness (QED) is 0.0840. The maximum absolute atomic E-state index is 12.6. The topological polar surface area (TPSA) is 165 Å². The van der Waals surface area contributed by atoms with Gasteiger partial charge in [0.15, 0.2) is 0 Å². The summed E-state index contributed by atoms with van der Waals surface area (Å²) in [5.74, 6) is 7.99. The molecule has 0 amide bonds. The molecule has 0 atom stereocenters. The number of benzene rings is 2. The van der Waals surface area contributed by atoms with E-state index in [0.29, 0.717) is 36.1 Å². The molecule has 0 aliphatic heterocycles. The smallest absolute Gasteiger partial charge is 0.370 e. The van der Waals surface area contributed by atoms with Crippen LogP contribution in [0.1, 0.15) is 95.2 Å². The fourth-order valence-corrected chi connectivity index (χ4v) is 6.95. The molecule has 2 aromatic rings. The van der Waals surface area contributed by atoms with Crippen LogP contribution in [0.2, 0.25) is 0 Å². The van der Waals surface area contributed by atoms with Crippen molar-refractivity contribution < 1.29 is 64.9 Å². The van der Waals surface area contributed by atoms with Gasteiger partial charge in [0.05, 0.1) is 17.0 Å². The van der Waals surface area contributed by atoms with Crippen LogP contribution >= 0.6 is 81.3 Å². The predicted molar refractivity (Wildman–Crippen MR) is 264 cm³/mol. The van der Waals surface area contributed by atoms with Gasteiger partial charge in [0.25, 0.3) is 0 Å². The van der Waals surface area contributed by atoms with Gasteiger partial charge in [-0.15, -0.1) is 87.7 Å². The van der Waals surface area contributed by atoms with Crippen LogP contribution in [0.15, 0.2) is 48.5 Å². The largest absolute Gasteiger partial charge is 0.537 e. The molecule has 0 aromatic heterocycles. The Labute approximate surface area is 421 Å². The van der Waals surface area contributed by atoms with Gasteiger partial charge in [-0.3, -0.25) is 0 Å². The van der Waals surface area contributed by atoms with E-state index in [4.69, 9.17) is 101 Å². The van der Waals surface area contributed by atoms with Gasteiger partial charge in [-0.05, 0) is 49.9 Å². The first-order valence-electron chi connectivity index (χ1n) is 15.2. The number of alkyl halides is 8. The third-order valence-electron chi connectivity index (χ3n) is 4.84. The predicted octanol–water partition coefficient (Wildman–Crippen LogP) is 12.0. The maximum atomic E-state index is 12.6. The second-order valence-electron chi connectivity index (χ2n) is 8.55. The van der Waals surface area contributed by atoms with E-state index in [0.717, 1.165) is 30.1 Å². The molecule has 10 nitrogen and oxygen atoms in total. The van der Waals surface area contributed by atoms with Gasteiger partial charge >= 0.3 is 61.9 Å². The summed E-state index contributed by atoms with van der Waals surface area (Å²) in [5.41, 5.74) is -1.45. The molecule has 2 aromatic carbocycles. The Morgan fingerprint density at radius 2 is 0.825 bits per heavy atom. The summed E-state index contributed by atoms with van der Waals surface area (Å²) in [4.78, 5) is 0. The summed E-state index contributed by atoms with van der Waals surface area (Å²) in [7, 11) is -3.12. The zero-order valence-electron chi connectivity index (χ0n) is 32.2. The molecule has 0 spiro atoms. The lowest BCUT2D eigenvalue weighted by atomic mass is 10.2. The average Bonchev–Trinajstić information content (AvgIpc) is 3.12. The lowest BCUT2D eigenvalue weighted by Gasteiger charge is -2.28. The van der Waals surface area contributed by atoms with E-state index in [1.165, 1.54) is 37.1 Å². The zero-order valence-corrected chi connectivity index (χ0v) is 42.1. The van der Waals surface area contributed by atoms with Crippen molar-refractivity contribution in [2.24, 2.45) is 0 Å². The van der Waals surface area contributed by atoms with Crippen LogP contribution in [-0.2, 0) is 60.3 Å². The van der Waals surface area contributed by atoms with Crippen LogP contribution < -0.4 is 16.5 Å². The van der Waals surface area contributed by atoms with Crippen LogP contribution in [0, 0.1) is 24.2 Å². The Morgan fingerprint density at radius 3 is 0.968 bits per heavy atom. The first kappa shape index (κ1) is 96.0. The Morgan fingerprint density at radius 1 is 0.587 bits per heavy atom. The van der Waals surface area contributed by atoms with Crippen molar-refractivity contribution in [1.29, 1.82) is 0 Å². The molecule has 3 N–H and O–H groups in total. The van der Waals surface area contributed by atoms with Gasteiger partial charge in [0.2, 0.25) is 0 Å². The highest BCUT2D eigenvalue weighted by atomic mass is 35.8. The molecular weight excluding hydrogens is 1090 g/mol. The lowest BCUT2D eigenvalue weighted by molar-refractivity contribution is -0.138. The Bertz CT molecular complexity index is 1400. The van der Waals surface area contributed by atoms with E-state index in [2.05, 4.69) is 31.6 Å². The Kier molecular flexibility index (Phi) is 96.0. The van der Waals surface area contributed by atoms with Crippen LogP contribution in [0.5, 0.6) is 0 Å². The minimum absolute atomic E-state index is 0. The molecule has 378 valence electrons. The molecule has 28 heteroatoms. The first-order chi connectivity index (χ1) is 26.1. The fraction of sp³-hybridized carbons (Fsp3) is 0.543. The van der Waals surface area contributed by atoms with Crippen molar-refractivity contribution in [2.75, 3.05) is 31.6 Å². The van der Waals surface area contributed by atoms with Crippen LogP contribution in [0.25, 0.3) is 0 Å².